The Balaban J connectivity index is 2.12. The molecule has 18 heavy (non-hydrogen) atoms. The predicted molar refractivity (Wildman–Crippen MR) is 66.7 cm³/mol. The highest BCUT2D eigenvalue weighted by Crippen LogP contribution is 2.23. The maximum Gasteiger partial charge on any atom is 0.165 e. The van der Waals surface area contributed by atoms with Crippen LogP contribution in [0.15, 0.2) is 30.6 Å². The molecule has 0 aliphatic heterocycles. The molecule has 2 aromatic rings. The highest BCUT2D eigenvalue weighted by atomic mass is 19.1. The van der Waals surface area contributed by atoms with Gasteiger partial charge in [-0.1, -0.05) is 12.1 Å². The number of aromatic nitrogens is 2. The van der Waals surface area contributed by atoms with Crippen LogP contribution in [-0.2, 0) is 20.2 Å². The standard InChI is InChI=1S/C13H16FN3O/c1-15-7-11-4-3-5-12(14)13(11)18-9-10-6-16-17(2)8-10/h3-6,8,15H,7,9H2,1-2H3. The topological polar surface area (TPSA) is 39.1 Å². The lowest BCUT2D eigenvalue weighted by Gasteiger charge is -2.11. The molecule has 1 N–H and O–H groups in total. The van der Waals surface area contributed by atoms with Crippen LogP contribution in [0, 0.1) is 5.82 Å². The Hall–Kier alpha value is -1.88. The fraction of sp³-hybridized carbons (Fsp3) is 0.308. The van der Waals surface area contributed by atoms with E-state index in [1.54, 1.807) is 16.9 Å². The summed E-state index contributed by atoms with van der Waals surface area (Å²) in [6.45, 7) is 0.881. The van der Waals surface area contributed by atoms with E-state index in [2.05, 4.69) is 10.4 Å². The number of nitrogens with zero attached hydrogens (tertiary/aromatic N) is 2. The predicted octanol–water partition coefficient (Wildman–Crippen LogP) is 1.86. The van der Waals surface area contributed by atoms with Crippen LogP contribution < -0.4 is 10.1 Å². The van der Waals surface area contributed by atoms with Crippen LogP contribution in [0.5, 0.6) is 5.75 Å². The van der Waals surface area contributed by atoms with Gasteiger partial charge in [-0.15, -0.1) is 0 Å². The lowest BCUT2D eigenvalue weighted by molar-refractivity contribution is 0.286. The van der Waals surface area contributed by atoms with Gasteiger partial charge in [0.1, 0.15) is 6.61 Å². The number of halogens is 1. The molecule has 5 heteroatoms. The number of aryl methyl sites for hydroxylation is 1. The first-order chi connectivity index (χ1) is 8.70. The SMILES string of the molecule is CNCc1cccc(F)c1OCc1cnn(C)c1. The summed E-state index contributed by atoms with van der Waals surface area (Å²) in [4.78, 5) is 0. The van der Waals surface area contributed by atoms with Gasteiger partial charge in [-0.3, -0.25) is 4.68 Å². The van der Waals surface area contributed by atoms with Crippen molar-refractivity contribution in [2.24, 2.45) is 7.05 Å². The summed E-state index contributed by atoms with van der Waals surface area (Å²) in [5.41, 5.74) is 1.72. The number of ether oxygens (including phenoxy) is 1. The Bertz CT molecular complexity index is 525. The zero-order chi connectivity index (χ0) is 13.0. The average molecular weight is 249 g/mol. The van der Waals surface area contributed by atoms with Crippen molar-refractivity contribution in [3.8, 4) is 5.75 Å². The minimum Gasteiger partial charge on any atom is -0.485 e. The molecule has 4 nitrogen and oxygen atoms in total. The summed E-state index contributed by atoms with van der Waals surface area (Å²) >= 11 is 0. The van der Waals surface area contributed by atoms with E-state index in [4.69, 9.17) is 4.74 Å². The quantitative estimate of drug-likeness (QED) is 0.879. The molecule has 2 rings (SSSR count). The molecule has 0 aliphatic carbocycles. The molecule has 0 atom stereocenters. The number of hydrogen-bond donors (Lipinski definition) is 1. The van der Waals surface area contributed by atoms with E-state index in [9.17, 15) is 4.39 Å². The third-order valence-corrected chi connectivity index (χ3v) is 2.56. The molecular weight excluding hydrogens is 233 g/mol. The van der Waals surface area contributed by atoms with Crippen molar-refractivity contribution >= 4 is 0 Å². The molecule has 0 radical (unpaired) electrons. The molecule has 0 spiro atoms. The minimum absolute atomic E-state index is 0.302. The van der Waals surface area contributed by atoms with Gasteiger partial charge in [-0.2, -0.15) is 5.10 Å². The van der Waals surface area contributed by atoms with Crippen LogP contribution in [0.1, 0.15) is 11.1 Å². The lowest BCUT2D eigenvalue weighted by atomic mass is 10.2. The largest absolute Gasteiger partial charge is 0.485 e. The number of benzene rings is 1. The molecule has 1 aromatic heterocycles. The fourth-order valence-electron chi connectivity index (χ4n) is 1.75. The number of nitrogens with one attached hydrogen (secondary N) is 1. The first-order valence-corrected chi connectivity index (χ1v) is 5.73. The normalized spacial score (nSPS) is 10.6. The molecule has 96 valence electrons. The van der Waals surface area contributed by atoms with Crippen molar-refractivity contribution < 1.29 is 9.13 Å². The smallest absolute Gasteiger partial charge is 0.165 e. The second kappa shape index (κ2) is 5.64. The first kappa shape index (κ1) is 12.6. The summed E-state index contributed by atoms with van der Waals surface area (Å²) in [6, 6.07) is 4.93. The van der Waals surface area contributed by atoms with E-state index < -0.39 is 0 Å². The van der Waals surface area contributed by atoms with Crippen LogP contribution in [0.4, 0.5) is 4.39 Å². The van der Waals surface area contributed by atoms with E-state index in [1.807, 2.05) is 26.4 Å². The molecule has 0 fully saturated rings. The first-order valence-electron chi connectivity index (χ1n) is 5.73. The van der Waals surface area contributed by atoms with E-state index in [0.29, 0.717) is 18.9 Å². The molecule has 0 saturated heterocycles. The molecular formula is C13H16FN3O. The second-order valence-corrected chi connectivity index (χ2v) is 4.07. The summed E-state index contributed by atoms with van der Waals surface area (Å²) < 4.78 is 20.9. The molecule has 0 unspecified atom stereocenters. The van der Waals surface area contributed by atoms with Gasteiger partial charge < -0.3 is 10.1 Å². The Morgan fingerprint density at radius 1 is 1.44 bits per heavy atom. The van der Waals surface area contributed by atoms with Crippen LogP contribution in [0.25, 0.3) is 0 Å². The highest BCUT2D eigenvalue weighted by Gasteiger charge is 2.09. The summed E-state index contributed by atoms with van der Waals surface area (Å²) in [7, 11) is 3.65. The minimum atomic E-state index is -0.341. The maximum absolute atomic E-state index is 13.7. The van der Waals surface area contributed by atoms with Crippen molar-refractivity contribution in [2.45, 2.75) is 13.2 Å². The second-order valence-electron chi connectivity index (χ2n) is 4.07. The highest BCUT2D eigenvalue weighted by molar-refractivity contribution is 5.35. The summed E-state index contributed by atoms with van der Waals surface area (Å²) in [5, 5.41) is 7.03. The number of rotatable bonds is 5. The van der Waals surface area contributed by atoms with Crippen molar-refractivity contribution in [1.82, 2.24) is 15.1 Å². The Morgan fingerprint density at radius 2 is 2.28 bits per heavy atom. The maximum atomic E-state index is 13.7. The summed E-state index contributed by atoms with van der Waals surface area (Å²) in [5.74, 6) is -0.0395. The van der Waals surface area contributed by atoms with Gasteiger partial charge >= 0.3 is 0 Å². The van der Waals surface area contributed by atoms with E-state index in [0.717, 1.165) is 11.1 Å². The Kier molecular flexibility index (Phi) is 3.94. The monoisotopic (exact) mass is 249 g/mol. The van der Waals surface area contributed by atoms with Crippen LogP contribution >= 0.6 is 0 Å². The zero-order valence-electron chi connectivity index (χ0n) is 10.5. The van der Waals surface area contributed by atoms with Gasteiger partial charge in [0.2, 0.25) is 0 Å². The van der Waals surface area contributed by atoms with Crippen molar-refractivity contribution in [3.63, 3.8) is 0 Å². The van der Waals surface area contributed by atoms with Crippen LogP contribution in [0.2, 0.25) is 0 Å². The van der Waals surface area contributed by atoms with E-state index in [1.165, 1.54) is 6.07 Å². The van der Waals surface area contributed by atoms with Crippen LogP contribution in [-0.4, -0.2) is 16.8 Å². The zero-order valence-corrected chi connectivity index (χ0v) is 10.5. The number of hydrogen-bond acceptors (Lipinski definition) is 3. The molecule has 0 bridgehead atoms. The summed E-state index contributed by atoms with van der Waals surface area (Å²) in [6.07, 6.45) is 3.55. The molecule has 0 saturated carbocycles. The van der Waals surface area contributed by atoms with Crippen molar-refractivity contribution in [3.05, 3.63) is 47.5 Å². The lowest BCUT2D eigenvalue weighted by Crippen LogP contribution is -2.08. The third-order valence-electron chi connectivity index (χ3n) is 2.56. The molecule has 1 aromatic carbocycles. The third kappa shape index (κ3) is 2.87. The van der Waals surface area contributed by atoms with Gasteiger partial charge in [0.25, 0.3) is 0 Å². The Labute approximate surface area is 105 Å². The van der Waals surface area contributed by atoms with Crippen molar-refractivity contribution in [1.29, 1.82) is 0 Å². The van der Waals surface area contributed by atoms with E-state index >= 15 is 0 Å². The van der Waals surface area contributed by atoms with Crippen molar-refractivity contribution in [2.75, 3.05) is 7.05 Å². The Morgan fingerprint density at radius 3 is 2.94 bits per heavy atom. The van der Waals surface area contributed by atoms with Gasteiger partial charge in [0.15, 0.2) is 11.6 Å². The molecule has 1 heterocycles. The van der Waals surface area contributed by atoms with Gasteiger partial charge in [0, 0.05) is 30.9 Å². The molecule has 0 aliphatic rings. The van der Waals surface area contributed by atoms with Gasteiger partial charge in [-0.05, 0) is 13.1 Å². The van der Waals surface area contributed by atoms with E-state index in [-0.39, 0.29) is 5.82 Å². The molecule has 0 amide bonds. The average Bonchev–Trinajstić information content (AvgIpc) is 2.75. The van der Waals surface area contributed by atoms with Gasteiger partial charge in [0.05, 0.1) is 6.20 Å². The fourth-order valence-corrected chi connectivity index (χ4v) is 1.75. The van der Waals surface area contributed by atoms with Crippen LogP contribution in [0.3, 0.4) is 0 Å². The van der Waals surface area contributed by atoms with Gasteiger partial charge in [-0.25, -0.2) is 4.39 Å². The number of para-hydroxylation sites is 1.